The zero-order chi connectivity index (χ0) is 11.0. The maximum absolute atomic E-state index is 13.2. The summed E-state index contributed by atoms with van der Waals surface area (Å²) in [5.41, 5.74) is 6.14. The Morgan fingerprint density at radius 3 is 2.80 bits per heavy atom. The Morgan fingerprint density at radius 1 is 1.53 bits per heavy atom. The van der Waals surface area contributed by atoms with Gasteiger partial charge in [0.05, 0.1) is 10.5 Å². The van der Waals surface area contributed by atoms with Gasteiger partial charge in [-0.15, -0.1) is 0 Å². The molecule has 0 aromatic heterocycles. The number of hydrogen-bond donors (Lipinski definition) is 1. The van der Waals surface area contributed by atoms with Crippen LogP contribution in [0.25, 0.3) is 0 Å². The van der Waals surface area contributed by atoms with Crippen LogP contribution in [-0.2, 0) is 4.79 Å². The lowest BCUT2D eigenvalue weighted by atomic mass is 10.3. The quantitative estimate of drug-likeness (QED) is 0.845. The number of amides is 1. The van der Waals surface area contributed by atoms with Crippen molar-refractivity contribution in [3.8, 4) is 0 Å². The maximum atomic E-state index is 13.2. The molecule has 0 bridgehead atoms. The minimum absolute atomic E-state index is 0.142. The number of hydrogen-bond acceptors (Lipinski definition) is 2. The van der Waals surface area contributed by atoms with Gasteiger partial charge in [0, 0.05) is 12.2 Å². The van der Waals surface area contributed by atoms with Gasteiger partial charge < -0.3 is 10.6 Å². The minimum atomic E-state index is -0.447. The molecule has 0 radical (unpaired) electrons. The largest absolute Gasteiger partial charge is 0.320 e. The zero-order valence-corrected chi connectivity index (χ0v) is 9.50. The average molecular weight is 273 g/mol. The molecule has 1 aliphatic heterocycles. The number of benzene rings is 1. The van der Waals surface area contributed by atoms with E-state index in [9.17, 15) is 9.18 Å². The maximum Gasteiger partial charge on any atom is 0.243 e. The van der Waals surface area contributed by atoms with Crippen molar-refractivity contribution in [3.63, 3.8) is 0 Å². The monoisotopic (exact) mass is 272 g/mol. The van der Waals surface area contributed by atoms with Crippen LogP contribution in [0.1, 0.15) is 6.42 Å². The average Bonchev–Trinajstić information content (AvgIpc) is 2.53. The Bertz CT molecular complexity index is 410. The van der Waals surface area contributed by atoms with Crippen molar-refractivity contribution in [2.75, 3.05) is 11.4 Å². The lowest BCUT2D eigenvalue weighted by Gasteiger charge is -2.16. The van der Waals surface area contributed by atoms with E-state index in [0.29, 0.717) is 23.1 Å². The van der Waals surface area contributed by atoms with Gasteiger partial charge in [-0.1, -0.05) is 0 Å². The van der Waals surface area contributed by atoms with Crippen molar-refractivity contribution in [1.29, 1.82) is 0 Å². The number of nitrogens with two attached hydrogens (primary N) is 1. The minimum Gasteiger partial charge on any atom is -0.320 e. The first-order valence-corrected chi connectivity index (χ1v) is 5.41. The molecule has 1 aromatic carbocycles. The molecule has 0 saturated carbocycles. The fourth-order valence-electron chi connectivity index (χ4n) is 1.61. The SMILES string of the molecule is NC1CCN(c2ccc(Br)c(F)c2)C1=O. The molecule has 1 unspecified atom stereocenters. The smallest absolute Gasteiger partial charge is 0.243 e. The van der Waals surface area contributed by atoms with Crippen molar-refractivity contribution >= 4 is 27.5 Å². The number of carbonyl (C=O) groups is 1. The molecule has 2 N–H and O–H groups in total. The van der Waals surface area contributed by atoms with E-state index >= 15 is 0 Å². The van der Waals surface area contributed by atoms with Gasteiger partial charge in [-0.25, -0.2) is 4.39 Å². The molecule has 1 aromatic rings. The standard InChI is InChI=1S/C10H10BrFN2O/c11-7-2-1-6(5-8(7)12)14-4-3-9(13)10(14)15/h1-2,5,9H,3-4,13H2. The first-order chi connectivity index (χ1) is 7.09. The highest BCUT2D eigenvalue weighted by Crippen LogP contribution is 2.25. The molecule has 80 valence electrons. The van der Waals surface area contributed by atoms with Crippen LogP contribution < -0.4 is 10.6 Å². The van der Waals surface area contributed by atoms with Gasteiger partial charge >= 0.3 is 0 Å². The third kappa shape index (κ3) is 1.89. The molecule has 1 aliphatic rings. The molecule has 0 spiro atoms. The highest BCUT2D eigenvalue weighted by atomic mass is 79.9. The summed E-state index contributed by atoms with van der Waals surface area (Å²) in [6.07, 6.45) is 0.622. The number of rotatable bonds is 1. The third-order valence-corrected chi connectivity index (χ3v) is 3.10. The lowest BCUT2D eigenvalue weighted by Crippen LogP contribution is -2.33. The molecule has 1 heterocycles. The Kier molecular flexibility index (Phi) is 2.75. The van der Waals surface area contributed by atoms with Crippen LogP contribution in [0.3, 0.4) is 0 Å². The number of carbonyl (C=O) groups excluding carboxylic acids is 1. The van der Waals surface area contributed by atoms with Crippen LogP contribution in [0.2, 0.25) is 0 Å². The van der Waals surface area contributed by atoms with Crippen molar-refractivity contribution in [1.82, 2.24) is 0 Å². The van der Waals surface area contributed by atoms with Crippen LogP contribution in [0, 0.1) is 5.82 Å². The summed E-state index contributed by atoms with van der Waals surface area (Å²) >= 11 is 3.06. The molecule has 2 rings (SSSR count). The van der Waals surface area contributed by atoms with E-state index < -0.39 is 6.04 Å². The van der Waals surface area contributed by atoms with Gasteiger partial charge in [0.15, 0.2) is 0 Å². The van der Waals surface area contributed by atoms with E-state index in [-0.39, 0.29) is 11.7 Å². The van der Waals surface area contributed by atoms with E-state index in [1.807, 2.05) is 0 Å². The third-order valence-electron chi connectivity index (χ3n) is 2.46. The number of halogens is 2. The molecule has 5 heteroatoms. The Hall–Kier alpha value is -0.940. The van der Waals surface area contributed by atoms with Gasteiger partial charge in [-0.2, -0.15) is 0 Å². The second kappa shape index (κ2) is 3.90. The second-order valence-corrected chi connectivity index (χ2v) is 4.34. The molecule has 1 amide bonds. The summed E-state index contributed by atoms with van der Waals surface area (Å²) in [4.78, 5) is 13.1. The highest BCUT2D eigenvalue weighted by molar-refractivity contribution is 9.10. The molecular weight excluding hydrogens is 263 g/mol. The predicted molar refractivity (Wildman–Crippen MR) is 59.0 cm³/mol. The van der Waals surface area contributed by atoms with Crippen LogP contribution in [-0.4, -0.2) is 18.5 Å². The second-order valence-electron chi connectivity index (χ2n) is 3.48. The Morgan fingerprint density at radius 2 is 2.27 bits per heavy atom. The number of nitrogens with zero attached hydrogens (tertiary/aromatic N) is 1. The van der Waals surface area contributed by atoms with Crippen LogP contribution >= 0.6 is 15.9 Å². The molecule has 1 atom stereocenters. The summed E-state index contributed by atoms with van der Waals surface area (Å²) in [6, 6.07) is 4.17. The molecule has 15 heavy (non-hydrogen) atoms. The molecule has 1 saturated heterocycles. The van der Waals surface area contributed by atoms with E-state index in [0.717, 1.165) is 0 Å². The van der Waals surface area contributed by atoms with E-state index in [4.69, 9.17) is 5.73 Å². The van der Waals surface area contributed by atoms with Gasteiger partial charge in [0.1, 0.15) is 5.82 Å². The first kappa shape index (κ1) is 10.6. The normalized spacial score (nSPS) is 21.1. The Balaban J connectivity index is 2.31. The first-order valence-electron chi connectivity index (χ1n) is 4.61. The summed E-state index contributed by atoms with van der Waals surface area (Å²) in [5.74, 6) is -0.516. The summed E-state index contributed by atoms with van der Waals surface area (Å²) < 4.78 is 13.6. The summed E-state index contributed by atoms with van der Waals surface area (Å²) in [5, 5.41) is 0. The molecular formula is C10H10BrFN2O. The lowest BCUT2D eigenvalue weighted by molar-refractivity contribution is -0.118. The van der Waals surface area contributed by atoms with Gasteiger partial charge in [-0.05, 0) is 40.5 Å². The van der Waals surface area contributed by atoms with Gasteiger partial charge in [0.2, 0.25) is 5.91 Å². The van der Waals surface area contributed by atoms with Crippen LogP contribution in [0.4, 0.5) is 10.1 Å². The van der Waals surface area contributed by atoms with Crippen LogP contribution in [0.15, 0.2) is 22.7 Å². The number of anilines is 1. The topological polar surface area (TPSA) is 46.3 Å². The van der Waals surface area contributed by atoms with E-state index in [2.05, 4.69) is 15.9 Å². The van der Waals surface area contributed by atoms with Gasteiger partial charge in [0.25, 0.3) is 0 Å². The van der Waals surface area contributed by atoms with Crippen LogP contribution in [0.5, 0.6) is 0 Å². The summed E-state index contributed by atoms with van der Waals surface area (Å²) in [7, 11) is 0. The van der Waals surface area contributed by atoms with Gasteiger partial charge in [-0.3, -0.25) is 4.79 Å². The zero-order valence-electron chi connectivity index (χ0n) is 7.91. The van der Waals surface area contributed by atoms with E-state index in [1.54, 1.807) is 12.1 Å². The van der Waals surface area contributed by atoms with Crippen molar-refractivity contribution in [2.24, 2.45) is 5.73 Å². The van der Waals surface area contributed by atoms with Crippen molar-refractivity contribution < 1.29 is 9.18 Å². The fraction of sp³-hybridized carbons (Fsp3) is 0.300. The Labute approximate surface area is 95.2 Å². The molecule has 3 nitrogen and oxygen atoms in total. The highest BCUT2D eigenvalue weighted by Gasteiger charge is 2.29. The molecule has 0 aliphatic carbocycles. The van der Waals surface area contributed by atoms with E-state index in [1.165, 1.54) is 11.0 Å². The summed E-state index contributed by atoms with van der Waals surface area (Å²) in [6.45, 7) is 0.557. The van der Waals surface area contributed by atoms with Crippen molar-refractivity contribution in [3.05, 3.63) is 28.5 Å². The fourth-order valence-corrected chi connectivity index (χ4v) is 1.86. The molecule has 1 fully saturated rings. The van der Waals surface area contributed by atoms with Crippen molar-refractivity contribution in [2.45, 2.75) is 12.5 Å². The predicted octanol–water partition coefficient (Wildman–Crippen LogP) is 1.65.